The summed E-state index contributed by atoms with van der Waals surface area (Å²) in [5.41, 5.74) is 0.304. The van der Waals surface area contributed by atoms with E-state index in [1.165, 1.54) is 12.5 Å². The molecule has 2 amide bonds. The first-order valence-corrected chi connectivity index (χ1v) is 8.16. The van der Waals surface area contributed by atoms with Crippen molar-refractivity contribution >= 4 is 29.0 Å². The molecule has 0 unspecified atom stereocenters. The van der Waals surface area contributed by atoms with Gasteiger partial charge in [-0.05, 0) is 25.0 Å². The summed E-state index contributed by atoms with van der Waals surface area (Å²) in [7, 11) is 0. The Hall–Kier alpha value is -2.02. The predicted molar refractivity (Wildman–Crippen MR) is 90.0 cm³/mol. The van der Waals surface area contributed by atoms with Gasteiger partial charge in [0.1, 0.15) is 5.69 Å². The molecule has 2 rings (SSSR count). The molecule has 8 heteroatoms. The number of nitro groups is 1. The second-order valence-electron chi connectivity index (χ2n) is 5.58. The Kier molecular flexibility index (Phi) is 6.46. The van der Waals surface area contributed by atoms with Gasteiger partial charge in [0.2, 0.25) is 0 Å². The summed E-state index contributed by atoms with van der Waals surface area (Å²) in [4.78, 5) is 22.2. The molecule has 0 bridgehead atoms. The Bertz CT molecular complexity index is 562. The number of nitrogens with zero attached hydrogens (tertiary/aromatic N) is 1. The Morgan fingerprint density at radius 3 is 2.70 bits per heavy atom. The van der Waals surface area contributed by atoms with E-state index < -0.39 is 4.92 Å². The van der Waals surface area contributed by atoms with Gasteiger partial charge in [-0.3, -0.25) is 10.1 Å². The number of nitro benzene ring substituents is 1. The van der Waals surface area contributed by atoms with Gasteiger partial charge in [-0.15, -0.1) is 0 Å². The van der Waals surface area contributed by atoms with Crippen LogP contribution in [0.2, 0.25) is 5.02 Å². The molecule has 0 aromatic heterocycles. The fraction of sp³-hybridized carbons (Fsp3) is 0.533. The van der Waals surface area contributed by atoms with Crippen LogP contribution in [0.1, 0.15) is 32.1 Å². The molecular formula is C15H21ClN4O3. The summed E-state index contributed by atoms with van der Waals surface area (Å²) in [6.07, 6.45) is 5.62. The number of nitrogens with one attached hydrogen (secondary N) is 3. The SMILES string of the molecule is O=C(NCCNc1ccc(Cl)cc1[N+](=O)[O-])NC1CCCCC1. The van der Waals surface area contributed by atoms with Crippen LogP contribution in [0.15, 0.2) is 18.2 Å². The lowest BCUT2D eigenvalue weighted by Gasteiger charge is -2.22. The standard InChI is InChI=1S/C15H21ClN4O3/c16-11-6-7-13(14(10-11)20(22)23)17-8-9-18-15(21)19-12-4-2-1-3-5-12/h6-7,10,12,17H,1-5,8-9H2,(H2,18,19,21). The number of hydrogen-bond donors (Lipinski definition) is 3. The molecule has 1 fully saturated rings. The summed E-state index contributed by atoms with van der Waals surface area (Å²) in [6.45, 7) is 0.763. The van der Waals surface area contributed by atoms with Crippen LogP contribution in [0.5, 0.6) is 0 Å². The fourth-order valence-electron chi connectivity index (χ4n) is 2.66. The Labute approximate surface area is 139 Å². The Morgan fingerprint density at radius 2 is 2.00 bits per heavy atom. The van der Waals surface area contributed by atoms with Crippen molar-refractivity contribution in [3.63, 3.8) is 0 Å². The van der Waals surface area contributed by atoms with Gasteiger partial charge in [-0.2, -0.15) is 0 Å². The van der Waals surface area contributed by atoms with Crippen LogP contribution in [0.25, 0.3) is 0 Å². The second kappa shape index (κ2) is 8.57. The maximum Gasteiger partial charge on any atom is 0.315 e. The minimum absolute atomic E-state index is 0.0795. The number of anilines is 1. The summed E-state index contributed by atoms with van der Waals surface area (Å²) < 4.78 is 0. The number of amides is 2. The van der Waals surface area contributed by atoms with Gasteiger partial charge in [0.25, 0.3) is 5.69 Å². The minimum atomic E-state index is -0.489. The highest BCUT2D eigenvalue weighted by atomic mass is 35.5. The van der Waals surface area contributed by atoms with E-state index in [4.69, 9.17) is 11.6 Å². The van der Waals surface area contributed by atoms with Gasteiger partial charge < -0.3 is 16.0 Å². The molecule has 23 heavy (non-hydrogen) atoms. The third kappa shape index (κ3) is 5.59. The molecule has 0 radical (unpaired) electrons. The second-order valence-corrected chi connectivity index (χ2v) is 6.02. The van der Waals surface area contributed by atoms with Gasteiger partial charge in [0, 0.05) is 30.2 Å². The van der Waals surface area contributed by atoms with E-state index in [1.54, 1.807) is 12.1 Å². The van der Waals surface area contributed by atoms with E-state index >= 15 is 0 Å². The molecule has 0 atom stereocenters. The highest BCUT2D eigenvalue weighted by Crippen LogP contribution is 2.27. The Morgan fingerprint density at radius 1 is 1.26 bits per heavy atom. The molecule has 1 aromatic rings. The van der Waals surface area contributed by atoms with E-state index in [1.807, 2.05) is 0 Å². The van der Waals surface area contributed by atoms with Crippen molar-refractivity contribution in [2.24, 2.45) is 0 Å². The van der Waals surface area contributed by atoms with E-state index in [0.29, 0.717) is 23.8 Å². The normalized spacial score (nSPS) is 15.0. The predicted octanol–water partition coefficient (Wildman–Crippen LogP) is 3.29. The first-order valence-electron chi connectivity index (χ1n) is 7.78. The van der Waals surface area contributed by atoms with Crippen molar-refractivity contribution in [2.75, 3.05) is 18.4 Å². The van der Waals surface area contributed by atoms with Gasteiger partial charge >= 0.3 is 6.03 Å². The van der Waals surface area contributed by atoms with Crippen molar-refractivity contribution in [3.05, 3.63) is 33.3 Å². The summed E-state index contributed by atoms with van der Waals surface area (Å²) in [6, 6.07) is 4.51. The monoisotopic (exact) mass is 340 g/mol. The first kappa shape index (κ1) is 17.3. The topological polar surface area (TPSA) is 96.3 Å². The molecule has 1 saturated carbocycles. The summed E-state index contributed by atoms with van der Waals surface area (Å²) >= 11 is 5.76. The summed E-state index contributed by atoms with van der Waals surface area (Å²) in [5, 5.41) is 19.9. The van der Waals surface area contributed by atoms with Gasteiger partial charge in [0.05, 0.1) is 4.92 Å². The third-order valence-corrected chi connectivity index (χ3v) is 4.06. The van der Waals surface area contributed by atoms with Crippen LogP contribution < -0.4 is 16.0 Å². The van der Waals surface area contributed by atoms with Crippen LogP contribution in [-0.4, -0.2) is 30.1 Å². The van der Waals surface area contributed by atoms with Gasteiger partial charge in [-0.25, -0.2) is 4.79 Å². The number of benzene rings is 1. The lowest BCUT2D eigenvalue weighted by Crippen LogP contribution is -2.44. The lowest BCUT2D eigenvalue weighted by atomic mass is 9.96. The van der Waals surface area contributed by atoms with E-state index in [2.05, 4.69) is 16.0 Å². The zero-order chi connectivity index (χ0) is 16.7. The van der Waals surface area contributed by atoms with Gasteiger partial charge in [0.15, 0.2) is 0 Å². The molecular weight excluding hydrogens is 320 g/mol. The number of hydrogen-bond acceptors (Lipinski definition) is 4. The number of halogens is 1. The molecule has 7 nitrogen and oxygen atoms in total. The molecule has 1 aromatic carbocycles. The number of rotatable bonds is 6. The molecule has 1 aliphatic carbocycles. The highest BCUT2D eigenvalue weighted by molar-refractivity contribution is 6.30. The van der Waals surface area contributed by atoms with E-state index in [-0.39, 0.29) is 17.8 Å². The minimum Gasteiger partial charge on any atom is -0.378 e. The molecule has 126 valence electrons. The smallest absolute Gasteiger partial charge is 0.315 e. The van der Waals surface area contributed by atoms with E-state index in [9.17, 15) is 14.9 Å². The van der Waals surface area contributed by atoms with Crippen molar-refractivity contribution in [2.45, 2.75) is 38.1 Å². The molecule has 0 spiro atoms. The average Bonchev–Trinajstić information content (AvgIpc) is 2.53. The molecule has 1 aliphatic rings. The Balaban J connectivity index is 1.72. The number of carbonyl (C=O) groups excluding carboxylic acids is 1. The maximum atomic E-state index is 11.8. The van der Waals surface area contributed by atoms with Crippen LogP contribution >= 0.6 is 11.6 Å². The molecule has 0 aliphatic heterocycles. The number of carbonyl (C=O) groups is 1. The quantitative estimate of drug-likeness (QED) is 0.420. The van der Waals surface area contributed by atoms with E-state index in [0.717, 1.165) is 25.7 Å². The summed E-state index contributed by atoms with van der Waals surface area (Å²) in [5.74, 6) is 0. The van der Waals surface area contributed by atoms with Gasteiger partial charge in [-0.1, -0.05) is 30.9 Å². The highest BCUT2D eigenvalue weighted by Gasteiger charge is 2.16. The van der Waals surface area contributed by atoms with Crippen LogP contribution in [0, 0.1) is 10.1 Å². The maximum absolute atomic E-state index is 11.8. The van der Waals surface area contributed by atoms with Crippen molar-refractivity contribution < 1.29 is 9.72 Å². The van der Waals surface area contributed by atoms with Crippen LogP contribution in [0.4, 0.5) is 16.2 Å². The number of urea groups is 1. The lowest BCUT2D eigenvalue weighted by molar-refractivity contribution is -0.383. The van der Waals surface area contributed by atoms with Crippen molar-refractivity contribution in [3.8, 4) is 0 Å². The van der Waals surface area contributed by atoms with Crippen molar-refractivity contribution in [1.82, 2.24) is 10.6 Å². The third-order valence-electron chi connectivity index (χ3n) is 3.82. The average molecular weight is 341 g/mol. The molecule has 0 heterocycles. The zero-order valence-corrected chi connectivity index (χ0v) is 13.6. The molecule has 0 saturated heterocycles. The largest absolute Gasteiger partial charge is 0.378 e. The van der Waals surface area contributed by atoms with Crippen molar-refractivity contribution in [1.29, 1.82) is 0 Å². The van der Waals surface area contributed by atoms with Crippen LogP contribution in [-0.2, 0) is 0 Å². The molecule has 3 N–H and O–H groups in total. The first-order chi connectivity index (χ1) is 11.1. The fourth-order valence-corrected chi connectivity index (χ4v) is 2.83. The zero-order valence-electron chi connectivity index (χ0n) is 12.8. The van der Waals surface area contributed by atoms with Crippen LogP contribution in [0.3, 0.4) is 0 Å².